The van der Waals surface area contributed by atoms with E-state index in [-0.39, 0.29) is 17.7 Å². The maximum Gasteiger partial charge on any atom is 0.514 e. The molecule has 0 saturated heterocycles. The van der Waals surface area contributed by atoms with Gasteiger partial charge in [-0.15, -0.1) is 0 Å². The van der Waals surface area contributed by atoms with Gasteiger partial charge in [-0.1, -0.05) is 0 Å². The van der Waals surface area contributed by atoms with Crippen LogP contribution in [0.3, 0.4) is 0 Å². The molecule has 0 spiro atoms. The fraction of sp³-hybridized carbons (Fsp3) is 0.300. The Bertz CT molecular complexity index is 1040. The molecule has 0 aromatic heterocycles. The fourth-order valence-corrected chi connectivity index (χ4v) is 2.68. The highest BCUT2D eigenvalue weighted by molar-refractivity contribution is 6.01. The summed E-state index contributed by atoms with van der Waals surface area (Å²) in [6, 6.07) is 3.69. The minimum Gasteiger partial charge on any atom is -0.499 e. The molecule has 0 saturated carbocycles. The zero-order valence-corrected chi connectivity index (χ0v) is 17.1. The number of ether oxygens (including phenoxy) is 3. The second-order valence-electron chi connectivity index (χ2n) is 6.29. The van der Waals surface area contributed by atoms with Crippen LogP contribution in [0.5, 0.6) is 11.5 Å². The minimum atomic E-state index is -1.33. The van der Waals surface area contributed by atoms with Gasteiger partial charge in [0.15, 0.2) is 11.9 Å². The number of carbonyl (C=O) groups is 3. The minimum absolute atomic E-state index is 0.0398. The molecule has 1 aliphatic heterocycles. The van der Waals surface area contributed by atoms with Crippen molar-refractivity contribution in [2.45, 2.75) is 20.0 Å². The molecule has 0 fully saturated rings. The zero-order chi connectivity index (χ0) is 23.8. The van der Waals surface area contributed by atoms with Crippen LogP contribution < -0.4 is 4.74 Å². The van der Waals surface area contributed by atoms with E-state index in [4.69, 9.17) is 14.2 Å². The largest absolute Gasteiger partial charge is 0.514 e. The van der Waals surface area contributed by atoms with Crippen molar-refractivity contribution in [3.63, 3.8) is 0 Å². The Labute approximate surface area is 182 Å². The number of hydrogen-bond donors (Lipinski definition) is 1. The third-order valence-electron chi connectivity index (χ3n) is 4.26. The highest BCUT2D eigenvalue weighted by atomic mass is 16.7. The van der Waals surface area contributed by atoms with Crippen molar-refractivity contribution in [1.82, 2.24) is 4.90 Å². The molecule has 1 aliphatic rings. The van der Waals surface area contributed by atoms with Crippen LogP contribution in [-0.2, 0) is 19.1 Å². The lowest BCUT2D eigenvalue weighted by atomic mass is 10.1. The molecule has 168 valence electrons. The van der Waals surface area contributed by atoms with Crippen LogP contribution in [0.2, 0.25) is 0 Å². The molecule has 32 heavy (non-hydrogen) atoms. The SMILES string of the molecule is CCN(CC)C(=O)/C(C#N)=C/c1cc(OC(=O)OCC2C=CC(=O)O2)c(O)c([N+](=O)[O-])c1. The van der Waals surface area contributed by atoms with Gasteiger partial charge in [0.2, 0.25) is 5.75 Å². The molecule has 0 bridgehead atoms. The van der Waals surface area contributed by atoms with E-state index in [1.807, 2.05) is 0 Å². The van der Waals surface area contributed by atoms with E-state index in [2.05, 4.69) is 0 Å². The molecule has 0 radical (unpaired) electrons. The van der Waals surface area contributed by atoms with E-state index < -0.39 is 46.2 Å². The highest BCUT2D eigenvalue weighted by Crippen LogP contribution is 2.38. The van der Waals surface area contributed by atoms with E-state index >= 15 is 0 Å². The predicted molar refractivity (Wildman–Crippen MR) is 107 cm³/mol. The second kappa shape index (κ2) is 10.6. The van der Waals surface area contributed by atoms with Gasteiger partial charge in [-0.05, 0) is 37.6 Å². The molecule has 1 amide bonds. The van der Waals surface area contributed by atoms with Crippen molar-refractivity contribution in [1.29, 1.82) is 5.26 Å². The molecule has 1 aromatic rings. The van der Waals surface area contributed by atoms with Crippen LogP contribution >= 0.6 is 0 Å². The van der Waals surface area contributed by atoms with Crippen molar-refractivity contribution < 1.29 is 38.6 Å². The third-order valence-corrected chi connectivity index (χ3v) is 4.26. The first-order chi connectivity index (χ1) is 15.2. The second-order valence-corrected chi connectivity index (χ2v) is 6.29. The number of phenolic OH excluding ortho intramolecular Hbond substituents is 1. The van der Waals surface area contributed by atoms with E-state index in [1.165, 1.54) is 11.0 Å². The summed E-state index contributed by atoms with van der Waals surface area (Å²) < 4.78 is 14.4. The van der Waals surface area contributed by atoms with Gasteiger partial charge < -0.3 is 24.2 Å². The molecule has 1 atom stereocenters. The van der Waals surface area contributed by atoms with Crippen LogP contribution in [-0.4, -0.2) is 58.8 Å². The Morgan fingerprint density at radius 2 is 2.06 bits per heavy atom. The summed E-state index contributed by atoms with van der Waals surface area (Å²) in [4.78, 5) is 47.1. The van der Waals surface area contributed by atoms with Crippen molar-refractivity contribution in [2.75, 3.05) is 19.7 Å². The molecule has 1 aromatic carbocycles. The molecule has 1 heterocycles. The fourth-order valence-electron chi connectivity index (χ4n) is 2.68. The number of hydrogen-bond acceptors (Lipinski definition) is 10. The average Bonchev–Trinajstić information content (AvgIpc) is 3.18. The maximum absolute atomic E-state index is 12.4. The van der Waals surface area contributed by atoms with Gasteiger partial charge in [-0.2, -0.15) is 5.26 Å². The standard InChI is InChI=1S/C20H19N3O9/c1-3-22(4-2)19(26)13(10-21)7-12-8-15(23(28)29)18(25)16(9-12)32-20(27)30-11-14-5-6-17(24)31-14/h5-9,14,25H,3-4,11H2,1-2H3/b13-7+. The number of phenols is 1. The van der Waals surface area contributed by atoms with Crippen LogP contribution in [0, 0.1) is 21.4 Å². The molecule has 1 N–H and O–H groups in total. The van der Waals surface area contributed by atoms with E-state index in [1.54, 1.807) is 19.9 Å². The number of carbonyl (C=O) groups excluding carboxylic acids is 3. The van der Waals surface area contributed by atoms with Crippen molar-refractivity contribution in [3.8, 4) is 17.6 Å². The number of likely N-dealkylation sites (N-methyl/N-ethyl adjacent to an activating group) is 1. The third kappa shape index (κ3) is 5.82. The van der Waals surface area contributed by atoms with Crippen molar-refractivity contribution in [3.05, 3.63) is 45.5 Å². The van der Waals surface area contributed by atoms with Crippen molar-refractivity contribution in [2.24, 2.45) is 0 Å². The van der Waals surface area contributed by atoms with Gasteiger partial charge >= 0.3 is 17.8 Å². The molecule has 0 aliphatic carbocycles. The number of nitro groups is 1. The van der Waals surface area contributed by atoms with E-state index in [0.717, 1.165) is 24.3 Å². The summed E-state index contributed by atoms with van der Waals surface area (Å²) in [6.07, 6.45) is 1.45. The first-order valence-corrected chi connectivity index (χ1v) is 9.36. The van der Waals surface area contributed by atoms with Gasteiger partial charge in [0.05, 0.1) is 4.92 Å². The Morgan fingerprint density at radius 1 is 1.38 bits per heavy atom. The summed E-state index contributed by atoms with van der Waals surface area (Å²) >= 11 is 0. The first-order valence-electron chi connectivity index (χ1n) is 9.36. The Balaban J connectivity index is 2.30. The van der Waals surface area contributed by atoms with Gasteiger partial charge in [0, 0.05) is 25.2 Å². The molecule has 12 nitrogen and oxygen atoms in total. The van der Waals surface area contributed by atoms with Gasteiger partial charge in [-0.25, -0.2) is 9.59 Å². The number of amides is 1. The highest BCUT2D eigenvalue weighted by Gasteiger charge is 2.25. The number of aromatic hydroxyl groups is 1. The van der Waals surface area contributed by atoms with Crippen molar-refractivity contribution >= 4 is 29.8 Å². The number of cyclic esters (lactones) is 1. The molecule has 1 unspecified atom stereocenters. The summed E-state index contributed by atoms with van der Waals surface area (Å²) in [5, 5.41) is 30.7. The lowest BCUT2D eigenvalue weighted by Gasteiger charge is -2.17. The van der Waals surface area contributed by atoms with Crippen LogP contribution in [0.15, 0.2) is 29.9 Å². The lowest BCUT2D eigenvalue weighted by molar-refractivity contribution is -0.385. The normalized spacial score (nSPS) is 15.0. The first kappa shape index (κ1) is 23.9. The van der Waals surface area contributed by atoms with Crippen LogP contribution in [0.4, 0.5) is 10.5 Å². The lowest BCUT2D eigenvalue weighted by Crippen LogP contribution is -2.31. The number of benzene rings is 1. The summed E-state index contributed by atoms with van der Waals surface area (Å²) in [6.45, 7) is 3.76. The Hall–Kier alpha value is -4.40. The Kier molecular flexibility index (Phi) is 7.89. The zero-order valence-electron chi connectivity index (χ0n) is 17.1. The van der Waals surface area contributed by atoms with E-state index in [0.29, 0.717) is 13.1 Å². The van der Waals surface area contributed by atoms with Gasteiger partial charge in [0.25, 0.3) is 5.91 Å². The number of nitrogens with zero attached hydrogens (tertiary/aromatic N) is 3. The summed E-state index contributed by atoms with van der Waals surface area (Å²) in [7, 11) is 0. The van der Waals surface area contributed by atoms with Gasteiger partial charge in [-0.3, -0.25) is 14.9 Å². The number of nitriles is 1. The topological polar surface area (TPSA) is 169 Å². The number of rotatable bonds is 8. The quantitative estimate of drug-likeness (QED) is 0.156. The molecular formula is C20H19N3O9. The molecular weight excluding hydrogens is 426 g/mol. The van der Waals surface area contributed by atoms with Gasteiger partial charge in [0.1, 0.15) is 18.2 Å². The van der Waals surface area contributed by atoms with E-state index in [9.17, 15) is 34.9 Å². The van der Waals surface area contributed by atoms with Crippen LogP contribution in [0.25, 0.3) is 6.08 Å². The summed E-state index contributed by atoms with van der Waals surface area (Å²) in [5.41, 5.74) is -1.17. The molecule has 2 rings (SSSR count). The molecule has 12 heteroatoms. The monoisotopic (exact) mass is 445 g/mol. The van der Waals surface area contributed by atoms with Crippen LogP contribution in [0.1, 0.15) is 19.4 Å². The smallest absolute Gasteiger partial charge is 0.499 e. The average molecular weight is 445 g/mol. The number of nitro benzene ring substituents is 1. The Morgan fingerprint density at radius 3 is 2.59 bits per heavy atom. The maximum atomic E-state index is 12.4. The summed E-state index contributed by atoms with van der Waals surface area (Å²) in [5.74, 6) is -2.77. The predicted octanol–water partition coefficient (Wildman–Crippen LogP) is 2.07. The number of esters is 1.